The number of β-amino-alcohol motifs (C(OH)–C–C–N with tert-alkyl or cyclic N) is 1. The second-order valence-corrected chi connectivity index (χ2v) is 20.5. The standard InChI is InChI=1S/C19H23NO5S.C19H25NO4S.C16H19NO3S/c1-2-24-19(22)25-16-12-20(13-16)18(21)6-9-23-8-5-14-3-4-17-15(11-14)7-10-26-17;1-2-23-19(21)24-17-13-20(14-17)8-3-9-22-10-6-15-4-5-18-16(12-15)7-11-25-18;18-14-10-17(11-14)16(19)4-7-20-6-3-12-1-2-15-13(9-12)5-8-21-15/h3-4,7,10-11,16H,2,5-6,8-9,12-13H2,1H3;4-5,7,11-12,17H,2-3,6,8-10,13-14H2,1H3;1-2,5,8-9,14,18H,3-4,6-7,10-11H2. The summed E-state index contributed by atoms with van der Waals surface area (Å²) in [4.78, 5) is 51.6. The molecule has 388 valence electrons. The molecule has 15 nitrogen and oxygen atoms in total. The maximum atomic E-state index is 12.0. The van der Waals surface area contributed by atoms with Crippen LogP contribution in [-0.2, 0) is 62.0 Å². The molecular weight excluding hydrogens is 979 g/mol. The summed E-state index contributed by atoms with van der Waals surface area (Å²) in [5.74, 6) is 0.0911. The Bertz CT molecular complexity index is 2620. The quantitative estimate of drug-likeness (QED) is 0.0479. The summed E-state index contributed by atoms with van der Waals surface area (Å²) in [5.41, 5.74) is 3.83. The summed E-state index contributed by atoms with van der Waals surface area (Å²) in [6.07, 6.45) is 2.54. The van der Waals surface area contributed by atoms with Crippen LogP contribution < -0.4 is 0 Å². The summed E-state index contributed by atoms with van der Waals surface area (Å²) in [7, 11) is 0. The molecule has 0 atom stereocenters. The van der Waals surface area contributed by atoms with E-state index >= 15 is 0 Å². The monoisotopic (exact) mass is 1050 g/mol. The number of carbonyl (C=O) groups excluding carboxylic acids is 4. The second-order valence-electron chi connectivity index (χ2n) is 17.7. The number of carbonyl (C=O) groups is 4. The third-order valence-corrected chi connectivity index (χ3v) is 14.9. The van der Waals surface area contributed by atoms with E-state index in [0.717, 1.165) is 58.5 Å². The first-order chi connectivity index (χ1) is 35.1. The molecule has 6 aromatic rings. The normalized spacial score (nSPS) is 14.9. The minimum absolute atomic E-state index is 0.0213. The topological polar surface area (TPSA) is 163 Å². The molecule has 6 heterocycles. The van der Waals surface area contributed by atoms with E-state index in [1.807, 2.05) is 0 Å². The molecule has 18 heteroatoms. The number of likely N-dealkylation sites (tertiary alicyclic amines) is 3. The molecule has 3 aliphatic heterocycles. The van der Waals surface area contributed by atoms with E-state index in [2.05, 4.69) is 93.8 Å². The SMILES string of the molecule is CCOC(=O)OC1CN(C(=O)CCOCCc2ccc3sccc3c2)C1.CCOC(=O)OC1CN(CCCOCCc2ccc3sccc3c2)C1.O=C(CCOCCc1ccc2sccc2c1)N1CC(O)C1. The summed E-state index contributed by atoms with van der Waals surface area (Å²) >= 11 is 5.27. The minimum Gasteiger partial charge on any atom is -0.435 e. The van der Waals surface area contributed by atoms with E-state index < -0.39 is 12.3 Å². The Hall–Kier alpha value is -5.18. The Morgan fingerprint density at radius 3 is 1.35 bits per heavy atom. The Labute approximate surface area is 433 Å². The van der Waals surface area contributed by atoms with Crippen LogP contribution in [-0.4, -0.2) is 161 Å². The fraction of sp³-hybridized carbons (Fsp3) is 0.481. The Balaban J connectivity index is 0.000000159. The zero-order valence-electron chi connectivity index (χ0n) is 41.2. The number of benzene rings is 3. The van der Waals surface area contributed by atoms with E-state index in [4.69, 9.17) is 38.3 Å². The maximum absolute atomic E-state index is 12.0. The highest BCUT2D eigenvalue weighted by Gasteiger charge is 2.34. The van der Waals surface area contributed by atoms with Gasteiger partial charge < -0.3 is 48.1 Å². The third-order valence-electron chi connectivity index (χ3n) is 12.2. The van der Waals surface area contributed by atoms with Crippen molar-refractivity contribution in [1.82, 2.24) is 14.7 Å². The number of rotatable bonds is 23. The summed E-state index contributed by atoms with van der Waals surface area (Å²) in [5, 5.41) is 19.3. The largest absolute Gasteiger partial charge is 0.508 e. The molecule has 3 aliphatic rings. The molecule has 72 heavy (non-hydrogen) atoms. The van der Waals surface area contributed by atoms with Crippen molar-refractivity contribution < 1.29 is 57.4 Å². The fourth-order valence-electron chi connectivity index (χ4n) is 8.15. The van der Waals surface area contributed by atoms with Gasteiger partial charge in [-0.05, 0) is 125 Å². The second kappa shape index (κ2) is 28.9. The Morgan fingerprint density at radius 2 is 0.931 bits per heavy atom. The molecular formula is C54H67N3O12S3. The predicted molar refractivity (Wildman–Crippen MR) is 282 cm³/mol. The van der Waals surface area contributed by atoms with Crippen LogP contribution in [0, 0.1) is 0 Å². The van der Waals surface area contributed by atoms with Gasteiger partial charge in [-0.1, -0.05) is 36.4 Å². The van der Waals surface area contributed by atoms with Gasteiger partial charge >= 0.3 is 12.3 Å². The van der Waals surface area contributed by atoms with E-state index in [-0.39, 0.29) is 36.7 Å². The molecule has 3 saturated heterocycles. The van der Waals surface area contributed by atoms with Crippen molar-refractivity contribution in [2.24, 2.45) is 0 Å². The average molecular weight is 1050 g/mol. The van der Waals surface area contributed by atoms with E-state index in [1.54, 1.807) is 57.7 Å². The first kappa shape index (κ1) is 54.6. The molecule has 0 spiro atoms. The van der Waals surface area contributed by atoms with Crippen molar-refractivity contribution in [3.05, 3.63) is 106 Å². The van der Waals surface area contributed by atoms with Crippen LogP contribution >= 0.6 is 34.0 Å². The number of hydrogen-bond donors (Lipinski definition) is 1. The summed E-state index contributed by atoms with van der Waals surface area (Å²) in [6, 6.07) is 26.0. The van der Waals surface area contributed by atoms with Gasteiger partial charge in [0.15, 0.2) is 0 Å². The molecule has 3 aromatic heterocycles. The first-order valence-corrected chi connectivity index (χ1v) is 27.5. The number of fused-ring (bicyclic) bond motifs is 3. The van der Waals surface area contributed by atoms with Gasteiger partial charge in [-0.2, -0.15) is 0 Å². The highest BCUT2D eigenvalue weighted by Crippen LogP contribution is 2.24. The van der Waals surface area contributed by atoms with Gasteiger partial charge in [-0.25, -0.2) is 9.59 Å². The highest BCUT2D eigenvalue weighted by atomic mass is 32.1. The Kier molecular flexibility index (Phi) is 21.9. The van der Waals surface area contributed by atoms with Gasteiger partial charge in [-0.3, -0.25) is 14.5 Å². The molecule has 0 aliphatic carbocycles. The zero-order valence-corrected chi connectivity index (χ0v) is 43.7. The molecule has 3 fully saturated rings. The molecule has 3 aromatic carbocycles. The lowest BCUT2D eigenvalue weighted by Gasteiger charge is -2.38. The molecule has 0 radical (unpaired) electrons. The number of hydrogen-bond acceptors (Lipinski definition) is 16. The van der Waals surface area contributed by atoms with Gasteiger partial charge in [0.1, 0.15) is 12.2 Å². The van der Waals surface area contributed by atoms with Crippen LogP contribution in [0.25, 0.3) is 30.3 Å². The fourth-order valence-corrected chi connectivity index (χ4v) is 10.5. The number of nitrogens with zero attached hydrogens (tertiary/aromatic N) is 3. The van der Waals surface area contributed by atoms with E-state index in [9.17, 15) is 19.2 Å². The molecule has 9 rings (SSSR count). The van der Waals surface area contributed by atoms with Crippen LogP contribution in [0.15, 0.2) is 88.9 Å². The first-order valence-electron chi connectivity index (χ1n) is 24.9. The number of amides is 2. The summed E-state index contributed by atoms with van der Waals surface area (Å²) in [6.45, 7) is 12.1. The highest BCUT2D eigenvalue weighted by molar-refractivity contribution is 7.17. The maximum Gasteiger partial charge on any atom is 0.508 e. The predicted octanol–water partition coefficient (Wildman–Crippen LogP) is 9.00. The number of aliphatic hydroxyl groups is 1. The van der Waals surface area contributed by atoms with Crippen molar-refractivity contribution >= 4 is 88.4 Å². The third kappa shape index (κ3) is 17.5. The van der Waals surface area contributed by atoms with Crippen molar-refractivity contribution in [3.63, 3.8) is 0 Å². The van der Waals surface area contributed by atoms with Crippen molar-refractivity contribution in [2.75, 3.05) is 98.7 Å². The lowest BCUT2D eigenvalue weighted by molar-refractivity contribution is -0.144. The summed E-state index contributed by atoms with van der Waals surface area (Å²) < 4.78 is 40.5. The zero-order chi connectivity index (χ0) is 50.5. The number of thiophene rings is 3. The molecule has 0 unspecified atom stereocenters. The van der Waals surface area contributed by atoms with Crippen molar-refractivity contribution in [2.45, 2.75) is 70.7 Å². The van der Waals surface area contributed by atoms with E-state index in [1.165, 1.54) is 46.9 Å². The molecule has 2 amide bonds. The smallest absolute Gasteiger partial charge is 0.435 e. The van der Waals surface area contributed by atoms with Crippen LogP contribution in [0.4, 0.5) is 9.59 Å². The number of ether oxygens (including phenoxy) is 7. The van der Waals surface area contributed by atoms with Crippen LogP contribution in [0.5, 0.6) is 0 Å². The van der Waals surface area contributed by atoms with Gasteiger partial charge in [-0.15, -0.1) is 34.0 Å². The van der Waals surface area contributed by atoms with Gasteiger partial charge in [0.05, 0.1) is 78.3 Å². The lowest BCUT2D eigenvalue weighted by atomic mass is 10.1. The van der Waals surface area contributed by atoms with Gasteiger partial charge in [0.25, 0.3) is 0 Å². The minimum atomic E-state index is -0.673. The molecule has 0 saturated carbocycles. The lowest BCUT2D eigenvalue weighted by Crippen LogP contribution is -2.55. The van der Waals surface area contributed by atoms with Crippen LogP contribution in [0.3, 0.4) is 0 Å². The van der Waals surface area contributed by atoms with Gasteiger partial charge in [0, 0.05) is 53.4 Å². The van der Waals surface area contributed by atoms with Crippen LogP contribution in [0.2, 0.25) is 0 Å². The van der Waals surface area contributed by atoms with E-state index in [0.29, 0.717) is 72.1 Å². The number of aliphatic hydroxyl groups excluding tert-OH is 1. The molecule has 0 bridgehead atoms. The van der Waals surface area contributed by atoms with Crippen molar-refractivity contribution in [3.8, 4) is 0 Å². The Morgan fingerprint density at radius 1 is 0.528 bits per heavy atom. The average Bonchev–Trinajstić information content (AvgIpc) is 4.13. The van der Waals surface area contributed by atoms with Gasteiger partial charge in [0.2, 0.25) is 11.8 Å². The molecule has 1 N–H and O–H groups in total. The van der Waals surface area contributed by atoms with Crippen molar-refractivity contribution in [1.29, 1.82) is 0 Å². The van der Waals surface area contributed by atoms with Crippen LogP contribution in [0.1, 0.15) is 49.8 Å².